The van der Waals surface area contributed by atoms with Crippen LogP contribution >= 0.6 is 23.7 Å². The largest absolute Gasteiger partial charge is 0.341 e. The van der Waals surface area contributed by atoms with E-state index in [0.29, 0.717) is 0 Å². The number of para-hydroxylation sites is 1. The Hall–Kier alpha value is -1.81. The summed E-state index contributed by atoms with van der Waals surface area (Å²) in [5.41, 5.74) is 10.2. The normalized spacial score (nSPS) is 12.4. The summed E-state index contributed by atoms with van der Waals surface area (Å²) in [6.07, 6.45) is 0. The van der Waals surface area contributed by atoms with Crippen molar-refractivity contribution < 1.29 is 0 Å². The lowest BCUT2D eigenvalue weighted by Gasteiger charge is -2.11. The molecular formula is C19H19ClN2S. The molecule has 2 N–H and O–H groups in total. The number of halogens is 1. The molecule has 0 amide bonds. The highest BCUT2D eigenvalue weighted by Crippen LogP contribution is 2.32. The predicted octanol–water partition coefficient (Wildman–Crippen LogP) is 5.35. The number of aryl methyl sites for hydroxylation is 1. The summed E-state index contributed by atoms with van der Waals surface area (Å²) in [6, 6.07) is 19.3. The molecule has 0 aliphatic rings. The second-order valence-corrected chi connectivity index (χ2v) is 6.51. The van der Waals surface area contributed by atoms with Crippen LogP contribution in [0.5, 0.6) is 0 Å². The molecule has 4 heteroatoms. The summed E-state index contributed by atoms with van der Waals surface area (Å²) in [7, 11) is 0. The van der Waals surface area contributed by atoms with Crippen LogP contribution in [-0.4, -0.2) is 4.57 Å². The van der Waals surface area contributed by atoms with Gasteiger partial charge in [-0.2, -0.15) is 0 Å². The van der Waals surface area contributed by atoms with Gasteiger partial charge in [-0.3, -0.25) is 0 Å². The average Bonchev–Trinajstić information content (AvgIpc) is 3.20. The third-order valence-corrected chi connectivity index (χ3v) is 5.28. The van der Waals surface area contributed by atoms with Crippen LogP contribution in [0.15, 0.2) is 60.0 Å². The van der Waals surface area contributed by atoms with E-state index < -0.39 is 0 Å². The summed E-state index contributed by atoms with van der Waals surface area (Å²) in [4.78, 5) is 1.21. The van der Waals surface area contributed by atoms with Gasteiger partial charge in [-0.25, -0.2) is 0 Å². The van der Waals surface area contributed by atoms with Crippen molar-refractivity contribution in [3.05, 3.63) is 70.4 Å². The van der Waals surface area contributed by atoms with Crippen molar-refractivity contribution in [1.29, 1.82) is 0 Å². The van der Waals surface area contributed by atoms with Crippen molar-refractivity contribution >= 4 is 45.5 Å². The summed E-state index contributed by atoms with van der Waals surface area (Å²) in [5.74, 6) is 0. The minimum absolute atomic E-state index is 0. The number of fused-ring (bicyclic) bond motifs is 3. The number of aromatic nitrogens is 1. The third-order valence-electron chi connectivity index (χ3n) is 4.32. The zero-order chi connectivity index (χ0) is 15.1. The van der Waals surface area contributed by atoms with E-state index in [-0.39, 0.29) is 18.4 Å². The number of hydrogen-bond donors (Lipinski definition) is 1. The molecule has 0 fully saturated rings. The van der Waals surface area contributed by atoms with Gasteiger partial charge in [-0.15, -0.1) is 23.7 Å². The molecule has 118 valence electrons. The molecule has 0 aliphatic carbocycles. The Morgan fingerprint density at radius 3 is 2.52 bits per heavy atom. The van der Waals surface area contributed by atoms with Crippen molar-refractivity contribution in [1.82, 2.24) is 4.57 Å². The van der Waals surface area contributed by atoms with Crippen LogP contribution in [0.4, 0.5) is 0 Å². The molecule has 4 aromatic rings. The Bertz CT molecular complexity index is 941. The highest BCUT2D eigenvalue weighted by atomic mass is 35.5. The Morgan fingerprint density at radius 1 is 1.00 bits per heavy atom. The van der Waals surface area contributed by atoms with Gasteiger partial charge in [0.05, 0.1) is 6.04 Å². The molecule has 0 bridgehead atoms. The van der Waals surface area contributed by atoms with Gasteiger partial charge in [-0.05, 0) is 42.1 Å². The second-order valence-electron chi connectivity index (χ2n) is 5.53. The molecule has 0 unspecified atom stereocenters. The van der Waals surface area contributed by atoms with E-state index in [9.17, 15) is 0 Å². The molecule has 23 heavy (non-hydrogen) atoms. The van der Waals surface area contributed by atoms with Gasteiger partial charge in [-0.1, -0.05) is 30.3 Å². The molecule has 0 saturated carbocycles. The summed E-state index contributed by atoms with van der Waals surface area (Å²) in [6.45, 7) is 3.16. The summed E-state index contributed by atoms with van der Waals surface area (Å²) in [5, 5.41) is 4.68. The SMILES string of the molecule is CCn1c2ccccc2c2cc([C@H](N)c3cccs3)ccc21.Cl. The fourth-order valence-electron chi connectivity index (χ4n) is 3.24. The Morgan fingerprint density at radius 2 is 1.78 bits per heavy atom. The maximum absolute atomic E-state index is 6.44. The Labute approximate surface area is 145 Å². The average molecular weight is 343 g/mol. The van der Waals surface area contributed by atoms with Crippen molar-refractivity contribution in [2.24, 2.45) is 5.73 Å². The van der Waals surface area contributed by atoms with Gasteiger partial charge in [0.15, 0.2) is 0 Å². The van der Waals surface area contributed by atoms with Crippen molar-refractivity contribution in [3.63, 3.8) is 0 Å². The van der Waals surface area contributed by atoms with E-state index in [1.807, 2.05) is 0 Å². The van der Waals surface area contributed by atoms with Crippen LogP contribution < -0.4 is 5.73 Å². The fourth-order valence-corrected chi connectivity index (χ4v) is 3.99. The molecule has 4 rings (SSSR count). The highest BCUT2D eigenvalue weighted by molar-refractivity contribution is 7.10. The van der Waals surface area contributed by atoms with Gasteiger partial charge in [0.2, 0.25) is 0 Å². The number of thiophene rings is 1. The standard InChI is InChI=1S/C19H18N2S.ClH/c1-2-21-16-7-4-3-6-14(16)15-12-13(9-10-17(15)21)19(20)18-8-5-11-22-18;/h3-12,19H,2,20H2,1H3;1H/t19-;/m0./s1. The smallest absolute Gasteiger partial charge is 0.0646 e. The van der Waals surface area contributed by atoms with E-state index >= 15 is 0 Å². The molecule has 0 saturated heterocycles. The number of hydrogen-bond acceptors (Lipinski definition) is 2. The minimum Gasteiger partial charge on any atom is -0.341 e. The Kier molecular flexibility index (Phi) is 4.44. The molecule has 1 atom stereocenters. The second kappa shape index (κ2) is 6.36. The maximum Gasteiger partial charge on any atom is 0.0646 e. The maximum atomic E-state index is 6.44. The highest BCUT2D eigenvalue weighted by Gasteiger charge is 2.14. The first-order valence-electron chi connectivity index (χ1n) is 7.59. The topological polar surface area (TPSA) is 30.9 Å². The zero-order valence-corrected chi connectivity index (χ0v) is 14.5. The first-order valence-corrected chi connectivity index (χ1v) is 8.47. The van der Waals surface area contributed by atoms with Crippen molar-refractivity contribution in [2.75, 3.05) is 0 Å². The van der Waals surface area contributed by atoms with Crippen LogP contribution in [0.25, 0.3) is 21.8 Å². The van der Waals surface area contributed by atoms with E-state index in [4.69, 9.17) is 5.73 Å². The lowest BCUT2D eigenvalue weighted by Crippen LogP contribution is -2.09. The molecular weight excluding hydrogens is 324 g/mol. The molecule has 0 aliphatic heterocycles. The van der Waals surface area contributed by atoms with Crippen molar-refractivity contribution in [2.45, 2.75) is 19.5 Å². The molecule has 0 radical (unpaired) electrons. The minimum atomic E-state index is -0.0480. The number of benzene rings is 2. The molecule has 2 aromatic carbocycles. The van der Waals surface area contributed by atoms with Gasteiger partial charge in [0.25, 0.3) is 0 Å². The van der Waals surface area contributed by atoms with Gasteiger partial charge < -0.3 is 10.3 Å². The van der Waals surface area contributed by atoms with Gasteiger partial charge in [0.1, 0.15) is 0 Å². The summed E-state index contributed by atoms with van der Waals surface area (Å²) >= 11 is 1.71. The van der Waals surface area contributed by atoms with Crippen LogP contribution in [0, 0.1) is 0 Å². The van der Waals surface area contributed by atoms with Gasteiger partial charge in [0, 0.05) is 33.2 Å². The Balaban J connectivity index is 0.00000156. The van der Waals surface area contributed by atoms with Crippen LogP contribution in [-0.2, 0) is 6.54 Å². The summed E-state index contributed by atoms with van der Waals surface area (Å²) < 4.78 is 2.37. The van der Waals surface area contributed by atoms with E-state index in [1.165, 1.54) is 32.2 Å². The van der Waals surface area contributed by atoms with E-state index in [0.717, 1.165) is 6.54 Å². The van der Waals surface area contributed by atoms with E-state index in [1.54, 1.807) is 11.3 Å². The third kappa shape index (κ3) is 2.55. The lowest BCUT2D eigenvalue weighted by molar-refractivity contribution is 0.826. The fraction of sp³-hybridized carbons (Fsp3) is 0.158. The van der Waals surface area contributed by atoms with Crippen LogP contribution in [0.2, 0.25) is 0 Å². The lowest BCUT2D eigenvalue weighted by atomic mass is 10.0. The first kappa shape index (κ1) is 16.1. The molecule has 0 spiro atoms. The molecule has 2 aromatic heterocycles. The molecule has 2 nitrogen and oxygen atoms in total. The van der Waals surface area contributed by atoms with Crippen molar-refractivity contribution in [3.8, 4) is 0 Å². The number of nitrogens with two attached hydrogens (primary N) is 1. The predicted molar refractivity (Wildman–Crippen MR) is 103 cm³/mol. The first-order chi connectivity index (χ1) is 10.8. The van der Waals surface area contributed by atoms with Gasteiger partial charge >= 0.3 is 0 Å². The number of rotatable bonds is 3. The van der Waals surface area contributed by atoms with E-state index in [2.05, 4.69) is 71.5 Å². The monoisotopic (exact) mass is 342 g/mol. The zero-order valence-electron chi connectivity index (χ0n) is 12.9. The van der Waals surface area contributed by atoms with Crippen LogP contribution in [0.3, 0.4) is 0 Å². The number of nitrogens with zero attached hydrogens (tertiary/aromatic N) is 1. The quantitative estimate of drug-likeness (QED) is 0.535. The molecule has 2 heterocycles. The van der Waals surface area contributed by atoms with Crippen LogP contribution in [0.1, 0.15) is 23.4 Å².